The summed E-state index contributed by atoms with van der Waals surface area (Å²) < 4.78 is 19.1. The molecule has 3 aromatic carbocycles. The van der Waals surface area contributed by atoms with Gasteiger partial charge in [-0.05, 0) is 101 Å². The summed E-state index contributed by atoms with van der Waals surface area (Å²) >= 11 is 0. The monoisotopic (exact) mass is 442 g/mol. The SMILES string of the molecule is COc1ccc(CCCc2ccc(/C=C3/C(C)=C(CC(=O)O)c4cc(F)ccc43)cc2)cc1. The minimum absolute atomic E-state index is 0.118. The van der Waals surface area contributed by atoms with Crippen LogP contribution in [0.3, 0.4) is 0 Å². The number of hydrogen-bond acceptors (Lipinski definition) is 2. The normalized spacial score (nSPS) is 14.0. The first kappa shape index (κ1) is 22.5. The molecule has 0 saturated carbocycles. The van der Waals surface area contributed by atoms with E-state index in [9.17, 15) is 14.3 Å². The van der Waals surface area contributed by atoms with Gasteiger partial charge in [-0.15, -0.1) is 0 Å². The van der Waals surface area contributed by atoms with E-state index in [-0.39, 0.29) is 12.2 Å². The Bertz CT molecular complexity index is 1220. The lowest BCUT2D eigenvalue weighted by molar-refractivity contribution is -0.135. The van der Waals surface area contributed by atoms with Crippen LogP contribution in [0.2, 0.25) is 0 Å². The van der Waals surface area contributed by atoms with Crippen molar-refractivity contribution < 1.29 is 19.0 Å². The van der Waals surface area contributed by atoms with Crippen LogP contribution in [0.15, 0.2) is 72.3 Å². The molecule has 0 bridgehead atoms. The van der Waals surface area contributed by atoms with Gasteiger partial charge in [0.2, 0.25) is 0 Å². The number of carboxylic acid groups (broad SMARTS) is 1. The Labute approximate surface area is 193 Å². The van der Waals surface area contributed by atoms with Crippen LogP contribution in [0.1, 0.15) is 47.6 Å². The lowest BCUT2D eigenvalue weighted by atomic mass is 9.99. The second-order valence-electron chi connectivity index (χ2n) is 8.37. The lowest BCUT2D eigenvalue weighted by Gasteiger charge is -2.06. The van der Waals surface area contributed by atoms with E-state index < -0.39 is 5.97 Å². The average Bonchev–Trinajstić information content (AvgIpc) is 3.05. The van der Waals surface area contributed by atoms with Gasteiger partial charge in [-0.2, -0.15) is 0 Å². The first-order valence-corrected chi connectivity index (χ1v) is 11.1. The maximum absolute atomic E-state index is 13.8. The number of hydrogen-bond donors (Lipinski definition) is 1. The van der Waals surface area contributed by atoms with E-state index in [0.717, 1.165) is 47.3 Å². The summed E-state index contributed by atoms with van der Waals surface area (Å²) in [7, 11) is 1.67. The number of rotatable bonds is 8. The van der Waals surface area contributed by atoms with Crippen LogP contribution in [0.25, 0.3) is 17.2 Å². The summed E-state index contributed by atoms with van der Waals surface area (Å²) in [6.45, 7) is 1.91. The number of fused-ring (bicyclic) bond motifs is 1. The van der Waals surface area contributed by atoms with Gasteiger partial charge >= 0.3 is 5.97 Å². The molecule has 0 radical (unpaired) electrons. The quantitative estimate of drug-likeness (QED) is 0.417. The summed E-state index contributed by atoms with van der Waals surface area (Å²) in [5, 5.41) is 9.31. The summed E-state index contributed by atoms with van der Waals surface area (Å²) in [6, 6.07) is 21.2. The zero-order valence-corrected chi connectivity index (χ0v) is 18.9. The van der Waals surface area contributed by atoms with Crippen LogP contribution in [0, 0.1) is 5.82 Å². The van der Waals surface area contributed by atoms with Crippen molar-refractivity contribution in [3.63, 3.8) is 0 Å². The molecule has 0 amide bonds. The van der Waals surface area contributed by atoms with Gasteiger partial charge in [0.25, 0.3) is 0 Å². The molecule has 1 aliphatic carbocycles. The molecule has 0 spiro atoms. The molecule has 0 atom stereocenters. The molecule has 0 aromatic heterocycles. The van der Waals surface area contributed by atoms with Gasteiger partial charge in [0.15, 0.2) is 0 Å². The van der Waals surface area contributed by atoms with E-state index >= 15 is 0 Å². The lowest BCUT2D eigenvalue weighted by Crippen LogP contribution is -1.97. The third-order valence-electron chi connectivity index (χ3n) is 6.16. The number of ether oxygens (including phenoxy) is 1. The first-order chi connectivity index (χ1) is 15.9. The number of aryl methyl sites for hydroxylation is 2. The zero-order chi connectivity index (χ0) is 23.4. The van der Waals surface area contributed by atoms with E-state index in [0.29, 0.717) is 11.1 Å². The van der Waals surface area contributed by atoms with Crippen LogP contribution >= 0.6 is 0 Å². The molecular weight excluding hydrogens is 415 g/mol. The minimum Gasteiger partial charge on any atom is -0.497 e. The highest BCUT2D eigenvalue weighted by molar-refractivity contribution is 6.07. The fraction of sp³-hybridized carbons (Fsp3) is 0.207. The highest BCUT2D eigenvalue weighted by Crippen LogP contribution is 2.43. The van der Waals surface area contributed by atoms with Gasteiger partial charge in [-0.3, -0.25) is 4.79 Å². The summed E-state index contributed by atoms with van der Waals surface area (Å²) in [6.07, 6.45) is 5.01. The van der Waals surface area contributed by atoms with Crippen molar-refractivity contribution in [2.75, 3.05) is 7.11 Å². The van der Waals surface area contributed by atoms with Gasteiger partial charge in [0.05, 0.1) is 13.5 Å². The number of allylic oxidation sites excluding steroid dienone is 2. The number of methoxy groups -OCH3 is 1. The van der Waals surface area contributed by atoms with Gasteiger partial charge in [0.1, 0.15) is 11.6 Å². The second kappa shape index (κ2) is 9.86. The van der Waals surface area contributed by atoms with E-state index in [2.05, 4.69) is 42.5 Å². The third kappa shape index (κ3) is 5.23. The summed E-state index contributed by atoms with van der Waals surface area (Å²) in [5.74, 6) is -0.400. The van der Waals surface area contributed by atoms with Crippen LogP contribution in [-0.4, -0.2) is 18.2 Å². The van der Waals surface area contributed by atoms with E-state index in [1.165, 1.54) is 23.3 Å². The van der Waals surface area contributed by atoms with Crippen molar-refractivity contribution in [3.05, 3.63) is 106 Å². The number of carboxylic acids is 1. The van der Waals surface area contributed by atoms with Crippen LogP contribution < -0.4 is 4.74 Å². The fourth-order valence-corrected chi connectivity index (χ4v) is 4.37. The predicted octanol–water partition coefficient (Wildman–Crippen LogP) is 6.81. The molecule has 0 heterocycles. The molecule has 3 aromatic rings. The largest absolute Gasteiger partial charge is 0.497 e. The first-order valence-electron chi connectivity index (χ1n) is 11.1. The highest BCUT2D eigenvalue weighted by Gasteiger charge is 2.25. The topological polar surface area (TPSA) is 46.5 Å². The zero-order valence-electron chi connectivity index (χ0n) is 18.9. The number of aliphatic carboxylic acids is 1. The molecule has 168 valence electrons. The van der Waals surface area contributed by atoms with Crippen molar-refractivity contribution in [1.29, 1.82) is 0 Å². The van der Waals surface area contributed by atoms with Crippen molar-refractivity contribution in [3.8, 4) is 5.75 Å². The maximum Gasteiger partial charge on any atom is 0.307 e. The van der Waals surface area contributed by atoms with E-state index in [1.54, 1.807) is 13.2 Å². The second-order valence-corrected chi connectivity index (χ2v) is 8.37. The fourth-order valence-electron chi connectivity index (χ4n) is 4.37. The minimum atomic E-state index is -0.917. The molecule has 4 heteroatoms. The Balaban J connectivity index is 1.47. The Morgan fingerprint density at radius 1 is 0.939 bits per heavy atom. The van der Waals surface area contributed by atoms with Gasteiger partial charge < -0.3 is 9.84 Å². The average molecular weight is 443 g/mol. The van der Waals surface area contributed by atoms with Crippen molar-refractivity contribution >= 4 is 23.2 Å². The van der Waals surface area contributed by atoms with Gasteiger partial charge in [0, 0.05) is 0 Å². The third-order valence-corrected chi connectivity index (χ3v) is 6.16. The molecule has 0 aliphatic heterocycles. The number of halogens is 1. The molecular formula is C29H27FO3. The molecule has 3 nitrogen and oxygen atoms in total. The molecule has 1 aliphatic rings. The van der Waals surface area contributed by atoms with Crippen molar-refractivity contribution in [1.82, 2.24) is 0 Å². The van der Waals surface area contributed by atoms with E-state index in [1.807, 2.05) is 19.1 Å². The Kier molecular flexibility index (Phi) is 6.74. The van der Waals surface area contributed by atoms with Crippen LogP contribution in [0.5, 0.6) is 5.75 Å². The van der Waals surface area contributed by atoms with Gasteiger partial charge in [-0.25, -0.2) is 4.39 Å². The number of carbonyl (C=O) groups is 1. The standard InChI is InChI=1S/C29H27FO3/c1-19-26(25-15-12-23(30)17-28(25)27(19)18-29(31)32)16-22-8-6-20(7-9-22)4-3-5-21-10-13-24(33-2)14-11-21/h6-17H,3-5,18H2,1-2H3,(H,31,32)/b26-16-. The number of benzene rings is 3. The Hall–Kier alpha value is -3.66. The molecule has 0 saturated heterocycles. The van der Waals surface area contributed by atoms with Crippen molar-refractivity contribution in [2.45, 2.75) is 32.6 Å². The van der Waals surface area contributed by atoms with Crippen LogP contribution in [0.4, 0.5) is 4.39 Å². The highest BCUT2D eigenvalue weighted by atomic mass is 19.1. The van der Waals surface area contributed by atoms with E-state index in [4.69, 9.17) is 4.74 Å². The summed E-state index contributed by atoms with van der Waals surface area (Å²) in [4.78, 5) is 11.4. The molecule has 4 rings (SSSR count). The molecule has 33 heavy (non-hydrogen) atoms. The Morgan fingerprint density at radius 3 is 2.18 bits per heavy atom. The smallest absolute Gasteiger partial charge is 0.307 e. The molecule has 1 N–H and O–H groups in total. The van der Waals surface area contributed by atoms with Crippen molar-refractivity contribution in [2.24, 2.45) is 0 Å². The molecule has 0 fully saturated rings. The maximum atomic E-state index is 13.8. The Morgan fingerprint density at radius 2 is 1.58 bits per heavy atom. The predicted molar refractivity (Wildman–Crippen MR) is 131 cm³/mol. The molecule has 0 unspecified atom stereocenters. The summed E-state index contributed by atoms with van der Waals surface area (Å²) in [5.41, 5.74) is 7.69. The van der Waals surface area contributed by atoms with Gasteiger partial charge in [-0.1, -0.05) is 42.5 Å². The van der Waals surface area contributed by atoms with Crippen LogP contribution in [-0.2, 0) is 17.6 Å².